The summed E-state index contributed by atoms with van der Waals surface area (Å²) in [5.41, 5.74) is -0.892. The summed E-state index contributed by atoms with van der Waals surface area (Å²) in [6, 6.07) is 6.72. The van der Waals surface area contributed by atoms with Gasteiger partial charge in [0.15, 0.2) is 0 Å². The van der Waals surface area contributed by atoms with Crippen LogP contribution in [0.2, 0.25) is 0 Å². The first kappa shape index (κ1) is 12.3. The number of hydrogen-bond acceptors (Lipinski definition) is 3. The molecule has 0 spiro atoms. The summed E-state index contributed by atoms with van der Waals surface area (Å²) in [6.07, 6.45) is 1.15. The largest absolute Gasteiger partial charge is 0.325 e. The van der Waals surface area contributed by atoms with E-state index in [9.17, 15) is 14.4 Å². The van der Waals surface area contributed by atoms with Crippen LogP contribution in [0.3, 0.4) is 0 Å². The molecule has 1 amide bonds. The zero-order valence-corrected chi connectivity index (χ0v) is 10.6. The van der Waals surface area contributed by atoms with Crippen LogP contribution in [0.4, 0.5) is 5.69 Å². The van der Waals surface area contributed by atoms with Crippen molar-refractivity contribution in [3.8, 4) is 0 Å². The molecule has 0 atom stereocenters. The smallest absolute Gasteiger partial charge is 0.316 e. The Labute approximate surface area is 109 Å². The van der Waals surface area contributed by atoms with E-state index in [1.165, 1.54) is 0 Å². The van der Waals surface area contributed by atoms with Crippen molar-refractivity contribution in [3.05, 3.63) is 61.3 Å². The molecule has 0 saturated carbocycles. The highest BCUT2D eigenvalue weighted by Crippen LogP contribution is 2.12. The molecule has 1 aromatic carbocycles. The summed E-state index contributed by atoms with van der Waals surface area (Å²) in [5, 5.41) is 2.41. The van der Waals surface area contributed by atoms with Crippen LogP contribution >= 0.6 is 15.9 Å². The van der Waals surface area contributed by atoms with Gasteiger partial charge in [-0.15, -0.1) is 0 Å². The number of carbonyl (C=O) groups is 1. The average molecular weight is 310 g/mol. The van der Waals surface area contributed by atoms with Crippen molar-refractivity contribution in [2.24, 2.45) is 0 Å². The lowest BCUT2D eigenvalue weighted by Gasteiger charge is -2.03. The maximum atomic E-state index is 11.8. The Kier molecular flexibility index (Phi) is 3.42. The molecule has 0 aliphatic heterocycles. The summed E-state index contributed by atoms with van der Waals surface area (Å²) in [6.45, 7) is 0. The van der Waals surface area contributed by atoms with Crippen LogP contribution in [0, 0.1) is 0 Å². The van der Waals surface area contributed by atoms with E-state index >= 15 is 0 Å². The second kappa shape index (κ2) is 5.01. The molecule has 6 nitrogen and oxygen atoms in total. The maximum absolute atomic E-state index is 11.8. The van der Waals surface area contributed by atoms with Crippen molar-refractivity contribution in [1.29, 1.82) is 0 Å². The highest BCUT2D eigenvalue weighted by Gasteiger charge is 2.08. The highest BCUT2D eigenvalue weighted by atomic mass is 79.9. The summed E-state index contributed by atoms with van der Waals surface area (Å²) in [5.74, 6) is -0.436. The molecule has 0 fully saturated rings. The molecule has 0 bridgehead atoms. The minimum absolute atomic E-state index is 0.0143. The lowest BCUT2D eigenvalue weighted by molar-refractivity contribution is 0.102. The van der Waals surface area contributed by atoms with Crippen molar-refractivity contribution in [2.45, 2.75) is 0 Å². The van der Waals surface area contributed by atoms with Gasteiger partial charge >= 0.3 is 5.69 Å². The lowest BCUT2D eigenvalue weighted by atomic mass is 10.2. The number of rotatable bonds is 2. The predicted molar refractivity (Wildman–Crippen MR) is 69.8 cm³/mol. The average Bonchev–Trinajstić information content (AvgIpc) is 2.32. The summed E-state index contributed by atoms with van der Waals surface area (Å²) in [4.78, 5) is 38.3. The fraction of sp³-hybridized carbons (Fsp3) is 0. The van der Waals surface area contributed by atoms with Gasteiger partial charge in [0.1, 0.15) is 5.69 Å². The van der Waals surface area contributed by atoms with Crippen molar-refractivity contribution >= 4 is 27.5 Å². The number of anilines is 1. The molecule has 1 heterocycles. The van der Waals surface area contributed by atoms with E-state index in [2.05, 4.69) is 26.2 Å². The number of benzene rings is 1. The fourth-order valence-electron chi connectivity index (χ4n) is 1.33. The SMILES string of the molecule is O=C(Nc1c[nH]c(=O)[nH]c1=O)c1cccc(Br)c1. The van der Waals surface area contributed by atoms with Crippen LogP contribution in [0.1, 0.15) is 10.4 Å². The Morgan fingerprint density at radius 2 is 2.06 bits per heavy atom. The molecule has 92 valence electrons. The van der Waals surface area contributed by atoms with Crippen molar-refractivity contribution in [1.82, 2.24) is 9.97 Å². The topological polar surface area (TPSA) is 94.8 Å². The van der Waals surface area contributed by atoms with Gasteiger partial charge in [0.05, 0.1) is 0 Å². The number of hydrogen-bond donors (Lipinski definition) is 3. The van der Waals surface area contributed by atoms with Crippen molar-refractivity contribution in [3.63, 3.8) is 0 Å². The first-order valence-electron chi connectivity index (χ1n) is 4.95. The van der Waals surface area contributed by atoms with Crippen LogP contribution in [-0.2, 0) is 0 Å². The Morgan fingerprint density at radius 3 is 2.72 bits per heavy atom. The Morgan fingerprint density at radius 1 is 1.28 bits per heavy atom. The molecule has 7 heteroatoms. The van der Waals surface area contributed by atoms with Crippen LogP contribution < -0.4 is 16.6 Å². The standard InChI is InChI=1S/C11H8BrN3O3/c12-7-3-1-2-6(4-7)9(16)14-8-5-13-11(18)15-10(8)17/h1-5H,(H,14,16)(H2,13,15,17,18). The number of aromatic amines is 2. The fourth-order valence-corrected chi connectivity index (χ4v) is 1.73. The van der Waals surface area contributed by atoms with E-state index in [-0.39, 0.29) is 5.69 Å². The molecule has 2 aromatic rings. The molecule has 18 heavy (non-hydrogen) atoms. The molecule has 0 aliphatic carbocycles. The number of H-pyrrole nitrogens is 2. The molecule has 3 N–H and O–H groups in total. The quantitative estimate of drug-likeness (QED) is 0.774. The monoisotopic (exact) mass is 309 g/mol. The molecule has 0 saturated heterocycles. The van der Waals surface area contributed by atoms with Gasteiger partial charge in [-0.3, -0.25) is 14.6 Å². The zero-order valence-electron chi connectivity index (χ0n) is 8.99. The normalized spacial score (nSPS) is 10.1. The highest BCUT2D eigenvalue weighted by molar-refractivity contribution is 9.10. The van der Waals surface area contributed by atoms with E-state index in [4.69, 9.17) is 0 Å². The first-order valence-corrected chi connectivity index (χ1v) is 5.74. The number of aromatic nitrogens is 2. The number of halogens is 1. The second-order valence-electron chi connectivity index (χ2n) is 3.45. The van der Waals surface area contributed by atoms with Gasteiger partial charge in [-0.05, 0) is 18.2 Å². The summed E-state index contributed by atoms with van der Waals surface area (Å²) >= 11 is 3.24. The first-order chi connectivity index (χ1) is 8.56. The molecule has 0 radical (unpaired) electrons. The minimum atomic E-state index is -0.651. The minimum Gasteiger partial charge on any atom is -0.316 e. The van der Waals surface area contributed by atoms with E-state index in [1.54, 1.807) is 24.3 Å². The van der Waals surface area contributed by atoms with Crippen molar-refractivity contribution in [2.75, 3.05) is 5.32 Å². The number of amides is 1. The maximum Gasteiger partial charge on any atom is 0.325 e. The second-order valence-corrected chi connectivity index (χ2v) is 4.37. The Balaban J connectivity index is 2.27. The van der Waals surface area contributed by atoms with Crippen molar-refractivity contribution < 1.29 is 4.79 Å². The Bertz CT molecular complexity index is 705. The number of nitrogens with one attached hydrogen (secondary N) is 3. The van der Waals surface area contributed by atoms with Crippen LogP contribution in [0.25, 0.3) is 0 Å². The Hall–Kier alpha value is -2.15. The van der Waals surface area contributed by atoms with E-state index in [0.717, 1.165) is 10.7 Å². The third-order valence-electron chi connectivity index (χ3n) is 2.15. The molecular weight excluding hydrogens is 302 g/mol. The third-order valence-corrected chi connectivity index (χ3v) is 2.65. The van der Waals surface area contributed by atoms with Gasteiger partial charge in [0.2, 0.25) is 0 Å². The lowest BCUT2D eigenvalue weighted by Crippen LogP contribution is -2.26. The predicted octanol–water partition coefficient (Wildman–Crippen LogP) is 1.08. The van der Waals surface area contributed by atoms with Crippen LogP contribution in [-0.4, -0.2) is 15.9 Å². The molecule has 1 aromatic heterocycles. The van der Waals surface area contributed by atoms with E-state index < -0.39 is 17.2 Å². The van der Waals surface area contributed by atoms with Gasteiger partial charge < -0.3 is 10.3 Å². The molecule has 2 rings (SSSR count). The zero-order chi connectivity index (χ0) is 13.1. The molecule has 0 unspecified atom stereocenters. The number of carbonyl (C=O) groups excluding carboxylic acids is 1. The van der Waals surface area contributed by atoms with E-state index in [1.807, 2.05) is 4.98 Å². The molecule has 0 aliphatic rings. The van der Waals surface area contributed by atoms with Gasteiger partial charge in [-0.2, -0.15) is 0 Å². The van der Waals surface area contributed by atoms with E-state index in [0.29, 0.717) is 5.56 Å². The third kappa shape index (κ3) is 2.75. The van der Waals surface area contributed by atoms with Gasteiger partial charge in [-0.25, -0.2) is 4.79 Å². The van der Waals surface area contributed by atoms with Crippen LogP contribution in [0.5, 0.6) is 0 Å². The molecular formula is C11H8BrN3O3. The summed E-state index contributed by atoms with van der Waals surface area (Å²) in [7, 11) is 0. The van der Waals surface area contributed by atoms with Crippen LogP contribution in [0.15, 0.2) is 44.5 Å². The summed E-state index contributed by atoms with van der Waals surface area (Å²) < 4.78 is 0.755. The van der Waals surface area contributed by atoms with Gasteiger partial charge in [0.25, 0.3) is 11.5 Å². The van der Waals surface area contributed by atoms with Gasteiger partial charge in [-0.1, -0.05) is 22.0 Å². The van der Waals surface area contributed by atoms with Gasteiger partial charge in [0, 0.05) is 16.2 Å².